The number of hydrogen-bond donors (Lipinski definition) is 1. The van der Waals surface area contributed by atoms with Gasteiger partial charge >= 0.3 is 0 Å². The molecule has 0 bridgehead atoms. The quantitative estimate of drug-likeness (QED) is 0.774. The van der Waals surface area contributed by atoms with Crippen LogP contribution in [0.4, 0.5) is 0 Å². The lowest BCUT2D eigenvalue weighted by Gasteiger charge is -2.05. The summed E-state index contributed by atoms with van der Waals surface area (Å²) in [4.78, 5) is 3.63. The van der Waals surface area contributed by atoms with Crippen LogP contribution in [-0.4, -0.2) is 23.8 Å². The smallest absolute Gasteiger partial charge is 0.197 e. The third-order valence-electron chi connectivity index (χ3n) is 1.63. The van der Waals surface area contributed by atoms with Crippen LogP contribution in [-0.2, 0) is 9.84 Å². The Balaban J connectivity index is 3.17. The molecule has 0 fully saturated rings. The Morgan fingerprint density at radius 1 is 1.38 bits per heavy atom. The summed E-state index contributed by atoms with van der Waals surface area (Å²) >= 11 is 0. The molecule has 0 saturated carbocycles. The van der Waals surface area contributed by atoms with Gasteiger partial charge in [-0.1, -0.05) is 0 Å². The lowest BCUT2D eigenvalue weighted by Crippen LogP contribution is -2.15. The summed E-state index contributed by atoms with van der Waals surface area (Å²) in [6.07, 6.45) is 1.12. The molecule has 1 aromatic rings. The lowest BCUT2D eigenvalue weighted by molar-refractivity contribution is 0.471. The zero-order chi connectivity index (χ0) is 10.1. The van der Waals surface area contributed by atoms with E-state index in [1.807, 2.05) is 0 Å². The van der Waals surface area contributed by atoms with Crippen molar-refractivity contribution in [3.8, 4) is 5.75 Å². The van der Waals surface area contributed by atoms with E-state index in [2.05, 4.69) is 4.98 Å². The number of aromatic hydroxyl groups is 1. The van der Waals surface area contributed by atoms with Crippen LogP contribution >= 0.6 is 0 Å². The highest BCUT2D eigenvalue weighted by Crippen LogP contribution is 2.15. The van der Waals surface area contributed by atoms with Gasteiger partial charge in [-0.2, -0.15) is 0 Å². The number of aromatic nitrogens is 1. The highest BCUT2D eigenvalue weighted by atomic mass is 32.2. The van der Waals surface area contributed by atoms with Crippen LogP contribution in [0, 0.1) is 0 Å². The van der Waals surface area contributed by atoms with Gasteiger partial charge < -0.3 is 5.11 Å². The highest BCUT2D eigenvalue weighted by Gasteiger charge is 2.20. The molecule has 1 rings (SSSR count). The second-order valence-electron chi connectivity index (χ2n) is 2.95. The number of sulfone groups is 1. The molecular weight excluding hydrogens is 190 g/mol. The minimum absolute atomic E-state index is 0.000278. The molecule has 1 aromatic heterocycles. The van der Waals surface area contributed by atoms with E-state index < -0.39 is 15.1 Å². The SMILES string of the molecule is CC(C)S(=O)(=O)c1ccc(O)cn1. The van der Waals surface area contributed by atoms with Crippen molar-refractivity contribution in [3.05, 3.63) is 18.3 Å². The summed E-state index contributed by atoms with van der Waals surface area (Å²) in [5.41, 5.74) is 0. The van der Waals surface area contributed by atoms with Gasteiger partial charge in [0.15, 0.2) is 14.9 Å². The Hall–Kier alpha value is -1.10. The highest BCUT2D eigenvalue weighted by molar-refractivity contribution is 7.91. The zero-order valence-electron chi connectivity index (χ0n) is 7.43. The molecule has 72 valence electrons. The molecular formula is C8H11NO3S. The van der Waals surface area contributed by atoms with E-state index in [-0.39, 0.29) is 10.8 Å². The average Bonchev–Trinajstić information content (AvgIpc) is 2.04. The lowest BCUT2D eigenvalue weighted by atomic mass is 10.5. The second-order valence-corrected chi connectivity index (χ2v) is 5.40. The molecule has 0 saturated heterocycles. The van der Waals surface area contributed by atoms with Gasteiger partial charge in [0.05, 0.1) is 11.4 Å². The first kappa shape index (κ1) is 9.98. The van der Waals surface area contributed by atoms with Crippen molar-refractivity contribution in [2.45, 2.75) is 24.1 Å². The van der Waals surface area contributed by atoms with Crippen LogP contribution in [0.25, 0.3) is 0 Å². The topological polar surface area (TPSA) is 67.3 Å². The van der Waals surface area contributed by atoms with Gasteiger partial charge in [0.25, 0.3) is 0 Å². The van der Waals surface area contributed by atoms with Gasteiger partial charge in [0.1, 0.15) is 5.75 Å². The summed E-state index contributed by atoms with van der Waals surface area (Å²) in [6, 6.07) is 2.60. The van der Waals surface area contributed by atoms with Crippen LogP contribution in [0.3, 0.4) is 0 Å². The summed E-state index contributed by atoms with van der Waals surface area (Å²) in [7, 11) is -3.32. The monoisotopic (exact) mass is 201 g/mol. The predicted octanol–water partition coefficient (Wildman–Crippen LogP) is 0.969. The average molecular weight is 201 g/mol. The van der Waals surface area contributed by atoms with Crippen molar-refractivity contribution in [2.75, 3.05) is 0 Å². The maximum absolute atomic E-state index is 11.5. The molecule has 5 heteroatoms. The first-order valence-electron chi connectivity index (χ1n) is 3.83. The van der Waals surface area contributed by atoms with E-state index >= 15 is 0 Å². The van der Waals surface area contributed by atoms with Crippen LogP contribution in [0.5, 0.6) is 5.75 Å². The maximum atomic E-state index is 11.5. The van der Waals surface area contributed by atoms with E-state index in [0.29, 0.717) is 0 Å². The standard InChI is InChI=1S/C8H11NO3S/c1-6(2)13(11,12)8-4-3-7(10)5-9-8/h3-6,10H,1-2H3. The molecule has 0 aliphatic rings. The molecule has 0 radical (unpaired) electrons. The summed E-state index contributed by atoms with van der Waals surface area (Å²) in [5, 5.41) is 8.41. The van der Waals surface area contributed by atoms with Gasteiger partial charge in [0.2, 0.25) is 0 Å². The van der Waals surface area contributed by atoms with Crippen LogP contribution in [0.2, 0.25) is 0 Å². The molecule has 0 spiro atoms. The van der Waals surface area contributed by atoms with E-state index in [0.717, 1.165) is 6.20 Å². The molecule has 1 heterocycles. The van der Waals surface area contributed by atoms with E-state index in [4.69, 9.17) is 5.11 Å². The van der Waals surface area contributed by atoms with Gasteiger partial charge in [-0.25, -0.2) is 13.4 Å². The minimum atomic E-state index is -3.32. The van der Waals surface area contributed by atoms with E-state index in [1.165, 1.54) is 12.1 Å². The fraction of sp³-hybridized carbons (Fsp3) is 0.375. The fourth-order valence-corrected chi connectivity index (χ4v) is 1.72. The second kappa shape index (κ2) is 3.33. The van der Waals surface area contributed by atoms with E-state index in [1.54, 1.807) is 13.8 Å². The summed E-state index contributed by atoms with van der Waals surface area (Å²) in [5.74, 6) is -0.0392. The summed E-state index contributed by atoms with van der Waals surface area (Å²) in [6.45, 7) is 3.17. The van der Waals surface area contributed by atoms with Crippen molar-refractivity contribution in [1.82, 2.24) is 4.98 Å². The first-order valence-corrected chi connectivity index (χ1v) is 5.38. The van der Waals surface area contributed by atoms with Crippen molar-refractivity contribution in [2.24, 2.45) is 0 Å². The molecule has 0 amide bonds. The van der Waals surface area contributed by atoms with Gasteiger partial charge in [-0.3, -0.25) is 0 Å². The Labute approximate surface area is 77.2 Å². The van der Waals surface area contributed by atoms with Crippen molar-refractivity contribution < 1.29 is 13.5 Å². The normalized spacial score (nSPS) is 11.9. The van der Waals surface area contributed by atoms with Gasteiger partial charge in [-0.15, -0.1) is 0 Å². The minimum Gasteiger partial charge on any atom is -0.506 e. The molecule has 0 aromatic carbocycles. The number of nitrogens with zero attached hydrogens (tertiary/aromatic N) is 1. The largest absolute Gasteiger partial charge is 0.506 e. The maximum Gasteiger partial charge on any atom is 0.197 e. The number of rotatable bonds is 2. The molecule has 4 nitrogen and oxygen atoms in total. The number of hydrogen-bond acceptors (Lipinski definition) is 4. The van der Waals surface area contributed by atoms with Crippen LogP contribution in [0.15, 0.2) is 23.4 Å². The fourth-order valence-electron chi connectivity index (χ4n) is 0.782. The van der Waals surface area contributed by atoms with E-state index in [9.17, 15) is 8.42 Å². The predicted molar refractivity (Wildman–Crippen MR) is 48.2 cm³/mol. The Bertz CT molecular complexity index is 380. The Kier molecular flexibility index (Phi) is 2.56. The van der Waals surface area contributed by atoms with Crippen molar-refractivity contribution >= 4 is 9.84 Å². The molecule has 0 unspecified atom stereocenters. The van der Waals surface area contributed by atoms with Crippen LogP contribution in [0.1, 0.15) is 13.8 Å². The molecule has 1 N–H and O–H groups in total. The van der Waals surface area contributed by atoms with Gasteiger partial charge in [-0.05, 0) is 26.0 Å². The third kappa shape index (κ3) is 1.98. The molecule has 13 heavy (non-hydrogen) atoms. The zero-order valence-corrected chi connectivity index (χ0v) is 8.25. The molecule has 0 atom stereocenters. The van der Waals surface area contributed by atoms with Crippen molar-refractivity contribution in [1.29, 1.82) is 0 Å². The summed E-state index contributed by atoms with van der Waals surface area (Å²) < 4.78 is 23.0. The molecule has 0 aliphatic heterocycles. The Morgan fingerprint density at radius 2 is 2.00 bits per heavy atom. The molecule has 0 aliphatic carbocycles. The number of pyridine rings is 1. The van der Waals surface area contributed by atoms with Gasteiger partial charge in [0, 0.05) is 0 Å². The van der Waals surface area contributed by atoms with Crippen LogP contribution < -0.4 is 0 Å². The first-order chi connectivity index (χ1) is 5.94. The Morgan fingerprint density at radius 3 is 2.38 bits per heavy atom. The van der Waals surface area contributed by atoms with Crippen molar-refractivity contribution in [3.63, 3.8) is 0 Å². The third-order valence-corrected chi connectivity index (χ3v) is 3.70.